The third-order valence-electron chi connectivity index (χ3n) is 7.27. The number of likely N-dealkylation sites (N-methyl/N-ethyl adjacent to an activating group) is 1. The Kier molecular flexibility index (Phi) is 11.9. The fourth-order valence-electron chi connectivity index (χ4n) is 5.84. The van der Waals surface area contributed by atoms with Crippen LogP contribution in [0.4, 0.5) is 0 Å². The molecule has 1 saturated heterocycles. The quantitative estimate of drug-likeness (QED) is 0.389. The van der Waals surface area contributed by atoms with Gasteiger partial charge in [0.2, 0.25) is 5.91 Å². The molecular formula is C27H50N4O2. The van der Waals surface area contributed by atoms with Gasteiger partial charge in [-0.2, -0.15) is 0 Å². The standard InChI is InChI=1S/C27H50N4O2/c1-7-11-29(12-8-2)14-15-30(10-4)27(33)17-22-16-23-19-26(32)24(21-28(5)6)18-25(23)31(20-22)13-9-3/h21-23,25H,7-20H2,1-6H3/t22-,23-,25-/m1/s1. The predicted octanol–water partition coefficient (Wildman–Crippen LogP) is 3.87. The normalized spacial score (nSPS) is 24.9. The number of ketones is 1. The summed E-state index contributed by atoms with van der Waals surface area (Å²) >= 11 is 0. The Hall–Kier alpha value is -1.40. The number of carbonyl (C=O) groups excluding carboxylic acids is 2. The van der Waals surface area contributed by atoms with E-state index in [2.05, 4.69) is 42.4 Å². The van der Waals surface area contributed by atoms with Gasteiger partial charge in [0.25, 0.3) is 0 Å². The Morgan fingerprint density at radius 3 is 2.27 bits per heavy atom. The molecule has 1 saturated carbocycles. The molecule has 190 valence electrons. The van der Waals surface area contributed by atoms with Crippen LogP contribution in [-0.4, -0.2) is 97.2 Å². The van der Waals surface area contributed by atoms with Crippen LogP contribution >= 0.6 is 0 Å². The molecule has 6 nitrogen and oxygen atoms in total. The molecule has 0 bridgehead atoms. The van der Waals surface area contributed by atoms with Gasteiger partial charge in [-0.05, 0) is 70.5 Å². The van der Waals surface area contributed by atoms with Crippen LogP contribution in [0.2, 0.25) is 0 Å². The van der Waals surface area contributed by atoms with E-state index in [4.69, 9.17) is 0 Å². The first-order chi connectivity index (χ1) is 15.8. The lowest BCUT2D eigenvalue weighted by molar-refractivity contribution is -0.133. The molecule has 0 aromatic carbocycles. The van der Waals surface area contributed by atoms with E-state index in [-0.39, 0.29) is 0 Å². The second-order valence-corrected chi connectivity index (χ2v) is 10.4. The van der Waals surface area contributed by atoms with Gasteiger partial charge in [0.05, 0.1) is 0 Å². The molecular weight excluding hydrogens is 412 g/mol. The summed E-state index contributed by atoms with van der Waals surface area (Å²) < 4.78 is 0. The maximum Gasteiger partial charge on any atom is 0.222 e. The van der Waals surface area contributed by atoms with Crippen LogP contribution in [0.5, 0.6) is 0 Å². The number of likely N-dealkylation sites (tertiary alicyclic amines) is 1. The van der Waals surface area contributed by atoms with Gasteiger partial charge in [-0.3, -0.25) is 14.5 Å². The van der Waals surface area contributed by atoms with Crippen molar-refractivity contribution in [3.63, 3.8) is 0 Å². The van der Waals surface area contributed by atoms with Gasteiger partial charge in [-0.15, -0.1) is 0 Å². The molecule has 0 unspecified atom stereocenters. The van der Waals surface area contributed by atoms with Crippen molar-refractivity contribution >= 4 is 11.7 Å². The number of Topliss-reactive ketones (excluding diaryl/α,β-unsaturated/α-hetero) is 1. The van der Waals surface area contributed by atoms with Gasteiger partial charge >= 0.3 is 0 Å². The van der Waals surface area contributed by atoms with Crippen molar-refractivity contribution in [3.8, 4) is 0 Å². The zero-order valence-electron chi connectivity index (χ0n) is 22.3. The average molecular weight is 463 g/mol. The van der Waals surface area contributed by atoms with E-state index in [0.717, 1.165) is 83.5 Å². The highest BCUT2D eigenvalue weighted by atomic mass is 16.2. The largest absolute Gasteiger partial charge is 0.383 e. The van der Waals surface area contributed by atoms with Crippen molar-refractivity contribution in [1.29, 1.82) is 0 Å². The lowest BCUT2D eigenvalue weighted by Gasteiger charge is -2.47. The minimum Gasteiger partial charge on any atom is -0.383 e. The molecule has 0 aromatic heterocycles. The van der Waals surface area contributed by atoms with Crippen LogP contribution < -0.4 is 0 Å². The number of fused-ring (bicyclic) bond motifs is 1. The van der Waals surface area contributed by atoms with Gasteiger partial charge in [0.15, 0.2) is 5.78 Å². The van der Waals surface area contributed by atoms with E-state index in [0.29, 0.717) is 42.4 Å². The summed E-state index contributed by atoms with van der Waals surface area (Å²) in [6.45, 7) is 15.6. The zero-order chi connectivity index (χ0) is 24.4. The summed E-state index contributed by atoms with van der Waals surface area (Å²) in [5.41, 5.74) is 0.970. The smallest absolute Gasteiger partial charge is 0.222 e. The summed E-state index contributed by atoms with van der Waals surface area (Å²) in [5.74, 6) is 1.33. The summed E-state index contributed by atoms with van der Waals surface area (Å²) in [5, 5.41) is 0. The second-order valence-electron chi connectivity index (χ2n) is 10.4. The van der Waals surface area contributed by atoms with Crippen LogP contribution in [0.3, 0.4) is 0 Å². The number of hydrogen-bond donors (Lipinski definition) is 0. The minimum atomic E-state index is 0.292. The van der Waals surface area contributed by atoms with E-state index in [1.165, 1.54) is 0 Å². The van der Waals surface area contributed by atoms with Crippen molar-refractivity contribution in [3.05, 3.63) is 11.8 Å². The fourth-order valence-corrected chi connectivity index (χ4v) is 5.84. The van der Waals surface area contributed by atoms with Gasteiger partial charge < -0.3 is 14.7 Å². The maximum absolute atomic E-state index is 13.2. The highest BCUT2D eigenvalue weighted by Crippen LogP contribution is 2.39. The highest BCUT2D eigenvalue weighted by molar-refractivity contribution is 5.96. The summed E-state index contributed by atoms with van der Waals surface area (Å²) in [4.78, 5) is 35.1. The van der Waals surface area contributed by atoms with E-state index < -0.39 is 0 Å². The lowest BCUT2D eigenvalue weighted by Crippen LogP contribution is -2.52. The molecule has 6 heteroatoms. The SMILES string of the molecule is CCCN(CCC)CCN(CC)C(=O)C[C@H]1C[C@@H]2CC(=O)C(=CN(C)C)C[C@H]2N(CCC)C1. The van der Waals surface area contributed by atoms with Crippen LogP contribution in [0.25, 0.3) is 0 Å². The zero-order valence-corrected chi connectivity index (χ0v) is 22.3. The molecule has 2 rings (SSSR count). The van der Waals surface area contributed by atoms with E-state index >= 15 is 0 Å². The Morgan fingerprint density at radius 2 is 1.70 bits per heavy atom. The van der Waals surface area contributed by atoms with Crippen molar-refractivity contribution in [2.24, 2.45) is 11.8 Å². The fraction of sp³-hybridized carbons (Fsp3) is 0.852. The van der Waals surface area contributed by atoms with Crippen LogP contribution in [0.15, 0.2) is 11.8 Å². The molecule has 2 aliphatic rings. The first-order valence-corrected chi connectivity index (χ1v) is 13.5. The Morgan fingerprint density at radius 1 is 1.00 bits per heavy atom. The molecule has 1 aliphatic heterocycles. The predicted molar refractivity (Wildman–Crippen MR) is 137 cm³/mol. The summed E-state index contributed by atoms with van der Waals surface area (Å²) in [6, 6.07) is 0.444. The average Bonchev–Trinajstić information content (AvgIpc) is 2.75. The van der Waals surface area contributed by atoms with Crippen LogP contribution in [-0.2, 0) is 9.59 Å². The Bertz CT molecular complexity index is 642. The van der Waals surface area contributed by atoms with Crippen molar-refractivity contribution in [1.82, 2.24) is 19.6 Å². The molecule has 1 heterocycles. The third kappa shape index (κ3) is 8.40. The van der Waals surface area contributed by atoms with E-state index in [1.807, 2.05) is 25.2 Å². The van der Waals surface area contributed by atoms with Crippen LogP contribution in [0, 0.1) is 11.8 Å². The number of carbonyl (C=O) groups is 2. The van der Waals surface area contributed by atoms with Crippen LogP contribution in [0.1, 0.15) is 72.6 Å². The molecule has 0 aromatic rings. The number of amides is 1. The third-order valence-corrected chi connectivity index (χ3v) is 7.27. The van der Waals surface area contributed by atoms with E-state index in [9.17, 15) is 9.59 Å². The minimum absolute atomic E-state index is 0.292. The molecule has 1 aliphatic carbocycles. The molecule has 33 heavy (non-hydrogen) atoms. The van der Waals surface area contributed by atoms with Crippen molar-refractivity contribution in [2.45, 2.75) is 78.7 Å². The Labute approximate surface area is 203 Å². The highest BCUT2D eigenvalue weighted by Gasteiger charge is 2.41. The number of piperidine rings is 1. The summed E-state index contributed by atoms with van der Waals surface area (Å²) in [6.07, 6.45) is 8.54. The number of rotatable bonds is 13. The Balaban J connectivity index is 2.00. The molecule has 0 N–H and O–H groups in total. The molecule has 0 radical (unpaired) electrons. The van der Waals surface area contributed by atoms with Crippen molar-refractivity contribution < 1.29 is 9.59 Å². The molecule has 1 amide bonds. The monoisotopic (exact) mass is 462 g/mol. The molecule has 3 atom stereocenters. The molecule has 0 spiro atoms. The lowest BCUT2D eigenvalue weighted by atomic mass is 9.72. The van der Waals surface area contributed by atoms with Gasteiger partial charge in [0, 0.05) is 70.9 Å². The first-order valence-electron chi connectivity index (χ1n) is 13.5. The topological polar surface area (TPSA) is 47.1 Å². The maximum atomic E-state index is 13.2. The molecule has 2 fully saturated rings. The van der Waals surface area contributed by atoms with E-state index in [1.54, 1.807) is 0 Å². The van der Waals surface area contributed by atoms with Crippen molar-refractivity contribution in [2.75, 3.05) is 59.9 Å². The van der Waals surface area contributed by atoms with Gasteiger partial charge in [-0.1, -0.05) is 20.8 Å². The number of hydrogen-bond acceptors (Lipinski definition) is 5. The van der Waals surface area contributed by atoms with Gasteiger partial charge in [0.1, 0.15) is 0 Å². The second kappa shape index (κ2) is 14.1. The van der Waals surface area contributed by atoms with Gasteiger partial charge in [-0.25, -0.2) is 0 Å². The number of nitrogens with zero attached hydrogens (tertiary/aromatic N) is 4. The first kappa shape index (κ1) is 27.8. The summed E-state index contributed by atoms with van der Waals surface area (Å²) in [7, 11) is 3.98.